The van der Waals surface area contributed by atoms with Crippen molar-refractivity contribution in [2.75, 3.05) is 5.32 Å². The summed E-state index contributed by atoms with van der Waals surface area (Å²) in [5.74, 6) is -0.292. The molecule has 0 aromatic heterocycles. The van der Waals surface area contributed by atoms with Crippen LogP contribution in [0.4, 0.5) is 5.69 Å². The van der Waals surface area contributed by atoms with Crippen LogP contribution in [-0.4, -0.2) is 29.4 Å². The molecule has 0 bridgehead atoms. The molecule has 0 radical (unpaired) electrons. The van der Waals surface area contributed by atoms with Crippen LogP contribution in [0.5, 0.6) is 0 Å². The molecule has 3 N–H and O–H groups in total. The third kappa shape index (κ3) is 2.96. The van der Waals surface area contributed by atoms with Crippen molar-refractivity contribution in [3.8, 4) is 0 Å². The first-order valence-corrected chi connectivity index (χ1v) is 7.72. The molecule has 7 heteroatoms. The third-order valence-electron chi connectivity index (χ3n) is 1.94. The van der Waals surface area contributed by atoms with Crippen molar-refractivity contribution in [3.63, 3.8) is 0 Å². The number of anilines is 1. The average Bonchev–Trinajstić information content (AvgIpc) is 2.20. The Labute approximate surface area is 95.2 Å². The number of nitrogens with one attached hydrogen (secondary N) is 1. The van der Waals surface area contributed by atoms with Crippen LogP contribution in [-0.2, 0) is 12.4 Å². The minimum atomic E-state index is -4.88. The van der Waals surface area contributed by atoms with Gasteiger partial charge in [0.2, 0.25) is 0 Å². The van der Waals surface area contributed by atoms with Crippen molar-refractivity contribution in [2.24, 2.45) is 0 Å². The molecule has 0 aliphatic carbocycles. The molecular formula is C9H12AsNO5. The van der Waals surface area contributed by atoms with E-state index < -0.39 is 14.2 Å². The van der Waals surface area contributed by atoms with Crippen molar-refractivity contribution in [2.45, 2.75) is 13.8 Å². The first-order chi connectivity index (χ1) is 7.36. The van der Waals surface area contributed by atoms with E-state index in [1.54, 1.807) is 19.1 Å². The van der Waals surface area contributed by atoms with Gasteiger partial charge in [-0.05, 0) is 0 Å². The Hall–Kier alpha value is -1.07. The quantitative estimate of drug-likeness (QED) is 0.414. The van der Waals surface area contributed by atoms with Crippen LogP contribution in [0.3, 0.4) is 0 Å². The van der Waals surface area contributed by atoms with E-state index in [4.69, 9.17) is 5.26 Å². The predicted molar refractivity (Wildman–Crippen MR) is 57.5 cm³/mol. The van der Waals surface area contributed by atoms with Gasteiger partial charge in [-0.3, -0.25) is 0 Å². The molecule has 0 heterocycles. The topological polar surface area (TPSA) is 95.9 Å². The van der Waals surface area contributed by atoms with Gasteiger partial charge in [0.25, 0.3) is 0 Å². The Morgan fingerprint density at radius 2 is 2.12 bits per heavy atom. The van der Waals surface area contributed by atoms with Gasteiger partial charge in [0.1, 0.15) is 0 Å². The van der Waals surface area contributed by atoms with Crippen LogP contribution in [0.15, 0.2) is 18.2 Å². The number of rotatable bonds is 3. The second-order valence-electron chi connectivity index (χ2n) is 3.28. The zero-order valence-corrected chi connectivity index (χ0v) is 10.7. The Morgan fingerprint density at radius 3 is 2.62 bits per heavy atom. The standard InChI is InChI=1S/C9H12AsNO5/c1-6-3-4-8(11-7(2)12)5-9(6)10(13,14)16-15/h3-5,15H,1-2H3,(H,11,12)(H,13,14). The number of aryl methyl sites for hydroxylation is 1. The molecule has 1 rings (SSSR count). The molecule has 0 aliphatic rings. The molecule has 1 aromatic carbocycles. The fraction of sp³-hybridized carbons (Fsp3) is 0.222. The molecule has 0 saturated heterocycles. The third-order valence-corrected chi connectivity index (χ3v) is 4.70. The van der Waals surface area contributed by atoms with Gasteiger partial charge in [0.15, 0.2) is 0 Å². The molecule has 1 atom stereocenters. The van der Waals surface area contributed by atoms with Crippen LogP contribution < -0.4 is 9.67 Å². The summed E-state index contributed by atoms with van der Waals surface area (Å²) >= 11 is -4.88. The molecule has 6 nitrogen and oxygen atoms in total. The second kappa shape index (κ2) is 4.84. The second-order valence-corrected chi connectivity index (χ2v) is 6.82. The summed E-state index contributed by atoms with van der Waals surface area (Å²) in [5.41, 5.74) is 0.883. The Kier molecular flexibility index (Phi) is 3.93. The van der Waals surface area contributed by atoms with Gasteiger partial charge in [-0.1, -0.05) is 0 Å². The van der Waals surface area contributed by atoms with E-state index in [-0.39, 0.29) is 10.3 Å². The molecule has 1 aromatic rings. The van der Waals surface area contributed by atoms with Gasteiger partial charge < -0.3 is 0 Å². The molecule has 0 saturated carbocycles. The van der Waals surface area contributed by atoms with Crippen LogP contribution in [0.25, 0.3) is 0 Å². The number of benzene rings is 1. The molecule has 0 aliphatic heterocycles. The number of carbonyl (C=O) groups is 1. The van der Waals surface area contributed by atoms with Crippen LogP contribution in [0.2, 0.25) is 0 Å². The van der Waals surface area contributed by atoms with E-state index in [1.165, 1.54) is 13.0 Å². The van der Waals surface area contributed by atoms with Gasteiger partial charge in [-0.2, -0.15) is 0 Å². The molecule has 0 fully saturated rings. The van der Waals surface area contributed by atoms with Crippen LogP contribution in [0, 0.1) is 6.92 Å². The maximum atomic E-state index is 11.5. The SMILES string of the molecule is CC(=O)Nc1ccc(C)c([As](=O)(O)OO)c1. The maximum absolute atomic E-state index is 11.5. The first kappa shape index (κ1) is 13.0. The van der Waals surface area contributed by atoms with E-state index in [0.717, 1.165) is 0 Å². The summed E-state index contributed by atoms with van der Waals surface area (Å²) in [5, 5.41) is 10.8. The monoisotopic (exact) mass is 289 g/mol. The fourth-order valence-electron chi connectivity index (χ4n) is 1.24. The zero-order chi connectivity index (χ0) is 12.3. The van der Waals surface area contributed by atoms with E-state index >= 15 is 0 Å². The summed E-state index contributed by atoms with van der Waals surface area (Å²) in [4.78, 5) is 10.8. The molecule has 1 amide bonds. The van der Waals surface area contributed by atoms with E-state index in [9.17, 15) is 12.6 Å². The molecule has 0 spiro atoms. The van der Waals surface area contributed by atoms with Crippen molar-refractivity contribution < 1.29 is 21.8 Å². The number of hydrogen-bond donors (Lipinski definition) is 3. The van der Waals surface area contributed by atoms with Crippen LogP contribution >= 0.6 is 0 Å². The molecule has 88 valence electrons. The van der Waals surface area contributed by atoms with Crippen molar-refractivity contribution in [1.29, 1.82) is 0 Å². The minimum absolute atomic E-state index is 0.00637. The fourth-order valence-corrected chi connectivity index (χ4v) is 3.15. The van der Waals surface area contributed by atoms with Crippen molar-refractivity contribution in [3.05, 3.63) is 23.8 Å². The summed E-state index contributed by atoms with van der Waals surface area (Å²) < 4.78 is 24.5. The first-order valence-electron chi connectivity index (χ1n) is 4.41. The Morgan fingerprint density at radius 1 is 1.50 bits per heavy atom. The van der Waals surface area contributed by atoms with Crippen LogP contribution in [0.1, 0.15) is 12.5 Å². The molecule has 16 heavy (non-hydrogen) atoms. The average molecular weight is 289 g/mol. The van der Waals surface area contributed by atoms with Gasteiger partial charge in [0.05, 0.1) is 0 Å². The normalized spacial score (nSPS) is 14.2. The van der Waals surface area contributed by atoms with E-state index in [1.807, 2.05) is 0 Å². The molecular weight excluding hydrogens is 277 g/mol. The van der Waals surface area contributed by atoms with Crippen molar-refractivity contribution >= 4 is 30.1 Å². The number of carbonyl (C=O) groups excluding carboxylic acids is 1. The van der Waals surface area contributed by atoms with E-state index in [2.05, 4.69) is 9.19 Å². The van der Waals surface area contributed by atoms with E-state index in [0.29, 0.717) is 11.3 Å². The van der Waals surface area contributed by atoms with Gasteiger partial charge in [-0.25, -0.2) is 0 Å². The zero-order valence-electron chi connectivity index (χ0n) is 8.80. The summed E-state index contributed by atoms with van der Waals surface area (Å²) in [7, 11) is 0. The van der Waals surface area contributed by atoms with Gasteiger partial charge >= 0.3 is 94.8 Å². The number of amides is 1. The van der Waals surface area contributed by atoms with Crippen molar-refractivity contribution in [1.82, 2.24) is 0 Å². The van der Waals surface area contributed by atoms with Gasteiger partial charge in [0, 0.05) is 0 Å². The summed E-state index contributed by atoms with van der Waals surface area (Å²) in [6.07, 6.45) is 0. The molecule has 1 unspecified atom stereocenters. The predicted octanol–water partition coefficient (Wildman–Crippen LogP) is 0.0117. The van der Waals surface area contributed by atoms with Gasteiger partial charge in [-0.15, -0.1) is 0 Å². The Balaban J connectivity index is 3.19. The summed E-state index contributed by atoms with van der Waals surface area (Å²) in [6.45, 7) is 2.93. The number of hydrogen-bond acceptors (Lipinski definition) is 4. The Bertz CT molecular complexity index is 459. The summed E-state index contributed by atoms with van der Waals surface area (Å²) in [6, 6.07) is 4.46.